The first kappa shape index (κ1) is 8.22. The van der Waals surface area contributed by atoms with Crippen LogP contribution in [0.3, 0.4) is 0 Å². The normalized spacial score (nSPS) is 58.6. The van der Waals surface area contributed by atoms with Gasteiger partial charge in [0.1, 0.15) is 5.67 Å². The van der Waals surface area contributed by atoms with Crippen molar-refractivity contribution >= 4 is 0 Å². The van der Waals surface area contributed by atoms with Crippen LogP contribution in [0.25, 0.3) is 0 Å². The fraction of sp³-hybridized carbons (Fsp3) is 1.00. The van der Waals surface area contributed by atoms with E-state index in [1.165, 1.54) is 6.42 Å². The van der Waals surface area contributed by atoms with Gasteiger partial charge < -0.3 is 5.11 Å². The molecule has 0 heterocycles. The lowest BCUT2D eigenvalue weighted by molar-refractivity contribution is -0.139. The molecule has 0 unspecified atom stereocenters. The van der Waals surface area contributed by atoms with E-state index in [-0.39, 0.29) is 12.0 Å². The van der Waals surface area contributed by atoms with Crippen molar-refractivity contribution in [2.45, 2.75) is 44.2 Å². The van der Waals surface area contributed by atoms with Gasteiger partial charge in [-0.2, -0.15) is 0 Å². The number of halogens is 1. The van der Waals surface area contributed by atoms with Crippen molar-refractivity contribution in [3.05, 3.63) is 0 Å². The fourth-order valence-corrected chi connectivity index (χ4v) is 4.52. The van der Waals surface area contributed by atoms with Gasteiger partial charge in [-0.05, 0) is 55.8 Å². The molecule has 0 aromatic carbocycles. The molecule has 4 bridgehead atoms. The zero-order valence-electron chi connectivity index (χ0n) is 7.93. The topological polar surface area (TPSA) is 20.2 Å². The summed E-state index contributed by atoms with van der Waals surface area (Å²) in [6, 6.07) is 0. The summed E-state index contributed by atoms with van der Waals surface area (Å²) < 4.78 is 14.2. The van der Waals surface area contributed by atoms with Gasteiger partial charge in [0.25, 0.3) is 0 Å². The van der Waals surface area contributed by atoms with Crippen LogP contribution in [0, 0.1) is 17.3 Å². The summed E-state index contributed by atoms with van der Waals surface area (Å²) in [6.45, 7) is 0.214. The first-order valence-corrected chi connectivity index (χ1v) is 5.43. The van der Waals surface area contributed by atoms with Crippen LogP contribution in [-0.2, 0) is 0 Å². The van der Waals surface area contributed by atoms with Gasteiger partial charge in [0, 0.05) is 6.61 Å². The number of aliphatic hydroxyl groups is 1. The highest BCUT2D eigenvalue weighted by atomic mass is 19.1. The van der Waals surface area contributed by atoms with Gasteiger partial charge in [0.05, 0.1) is 0 Å². The van der Waals surface area contributed by atoms with Crippen molar-refractivity contribution in [2.24, 2.45) is 17.3 Å². The standard InChI is InChI=1S/C11H17FO/c12-11-4-8-1-9(5-11)3-10(2-8,6-11)7-13/h8-9,13H,1-7H2/t8-,9-,10?,11?/m1/s1. The second kappa shape index (κ2) is 2.28. The quantitative estimate of drug-likeness (QED) is 0.663. The lowest BCUT2D eigenvalue weighted by Crippen LogP contribution is -2.54. The molecule has 0 aliphatic heterocycles. The minimum atomic E-state index is -0.896. The Labute approximate surface area is 78.3 Å². The van der Waals surface area contributed by atoms with E-state index in [1.54, 1.807) is 0 Å². The lowest BCUT2D eigenvalue weighted by Gasteiger charge is -2.58. The second-order valence-electron chi connectivity index (χ2n) is 5.77. The maximum absolute atomic E-state index is 14.2. The molecule has 4 rings (SSSR count). The molecule has 1 nitrogen and oxygen atoms in total. The maximum atomic E-state index is 14.2. The molecule has 4 aliphatic carbocycles. The van der Waals surface area contributed by atoms with Gasteiger partial charge >= 0.3 is 0 Å². The molecule has 74 valence electrons. The summed E-state index contributed by atoms with van der Waals surface area (Å²) in [4.78, 5) is 0. The Bertz CT molecular complexity index is 224. The van der Waals surface area contributed by atoms with Crippen LogP contribution >= 0.6 is 0 Å². The van der Waals surface area contributed by atoms with Crippen molar-refractivity contribution in [2.75, 3.05) is 6.61 Å². The Morgan fingerprint density at radius 1 is 1.15 bits per heavy atom. The van der Waals surface area contributed by atoms with E-state index >= 15 is 0 Å². The first-order valence-electron chi connectivity index (χ1n) is 5.43. The van der Waals surface area contributed by atoms with Crippen molar-refractivity contribution in [1.82, 2.24) is 0 Å². The molecular formula is C11H17FO. The minimum absolute atomic E-state index is 0.0150. The van der Waals surface area contributed by atoms with E-state index in [0.717, 1.165) is 25.7 Å². The Morgan fingerprint density at radius 2 is 1.77 bits per heavy atom. The molecule has 0 aromatic rings. The van der Waals surface area contributed by atoms with Crippen LogP contribution in [0.15, 0.2) is 0 Å². The smallest absolute Gasteiger partial charge is 0.112 e. The molecule has 1 N–H and O–H groups in total. The molecule has 0 aromatic heterocycles. The van der Waals surface area contributed by atoms with E-state index in [4.69, 9.17) is 0 Å². The van der Waals surface area contributed by atoms with Crippen LogP contribution in [0.1, 0.15) is 38.5 Å². The maximum Gasteiger partial charge on any atom is 0.112 e. The van der Waals surface area contributed by atoms with E-state index in [1.807, 2.05) is 0 Å². The molecule has 4 saturated carbocycles. The lowest BCUT2D eigenvalue weighted by atomic mass is 9.49. The van der Waals surface area contributed by atoms with Crippen LogP contribution in [0.5, 0.6) is 0 Å². The molecule has 2 heteroatoms. The van der Waals surface area contributed by atoms with Crippen LogP contribution in [-0.4, -0.2) is 17.4 Å². The predicted molar refractivity (Wildman–Crippen MR) is 48.0 cm³/mol. The summed E-state index contributed by atoms with van der Waals surface area (Å²) in [6.07, 6.45) is 5.62. The summed E-state index contributed by atoms with van der Waals surface area (Å²) in [5.74, 6) is 1.16. The van der Waals surface area contributed by atoms with Crippen molar-refractivity contribution in [1.29, 1.82) is 0 Å². The number of rotatable bonds is 1. The Kier molecular flexibility index (Phi) is 1.44. The van der Waals surface area contributed by atoms with Crippen LogP contribution in [0.2, 0.25) is 0 Å². The monoisotopic (exact) mass is 184 g/mol. The minimum Gasteiger partial charge on any atom is -0.396 e. The Balaban J connectivity index is 1.95. The van der Waals surface area contributed by atoms with Gasteiger partial charge in [0.2, 0.25) is 0 Å². The molecule has 0 saturated heterocycles. The van der Waals surface area contributed by atoms with Crippen LogP contribution < -0.4 is 0 Å². The predicted octanol–water partition coefficient (Wildman–Crippen LogP) is 2.29. The number of hydrogen-bond donors (Lipinski definition) is 1. The van der Waals surface area contributed by atoms with E-state index in [0.29, 0.717) is 18.3 Å². The van der Waals surface area contributed by atoms with E-state index in [9.17, 15) is 9.50 Å². The molecule has 4 fully saturated rings. The molecule has 2 atom stereocenters. The number of aliphatic hydroxyl groups excluding tert-OH is 1. The number of hydrogen-bond acceptors (Lipinski definition) is 1. The third kappa shape index (κ3) is 1.08. The summed E-state index contributed by atoms with van der Waals surface area (Å²) >= 11 is 0. The summed E-state index contributed by atoms with van der Waals surface area (Å²) in [7, 11) is 0. The van der Waals surface area contributed by atoms with Gasteiger partial charge in [-0.15, -0.1) is 0 Å². The Hall–Kier alpha value is -0.110. The highest BCUT2D eigenvalue weighted by Crippen LogP contribution is 2.62. The van der Waals surface area contributed by atoms with Crippen molar-refractivity contribution < 1.29 is 9.50 Å². The number of alkyl halides is 1. The van der Waals surface area contributed by atoms with Gasteiger partial charge in [-0.3, -0.25) is 0 Å². The average molecular weight is 184 g/mol. The highest BCUT2D eigenvalue weighted by molar-refractivity contribution is 5.08. The highest BCUT2D eigenvalue weighted by Gasteiger charge is 2.57. The average Bonchev–Trinajstić information content (AvgIpc) is 1.99. The van der Waals surface area contributed by atoms with Gasteiger partial charge in [-0.1, -0.05) is 0 Å². The van der Waals surface area contributed by atoms with Gasteiger partial charge in [-0.25, -0.2) is 4.39 Å². The third-order valence-corrected chi connectivity index (χ3v) is 4.45. The molecule has 0 radical (unpaired) electrons. The van der Waals surface area contributed by atoms with E-state index < -0.39 is 5.67 Å². The molecular weight excluding hydrogens is 167 g/mol. The fourth-order valence-electron chi connectivity index (χ4n) is 4.52. The summed E-state index contributed by atoms with van der Waals surface area (Å²) in [5.41, 5.74) is -0.911. The first-order chi connectivity index (χ1) is 6.13. The zero-order valence-corrected chi connectivity index (χ0v) is 7.93. The van der Waals surface area contributed by atoms with E-state index in [2.05, 4.69) is 0 Å². The van der Waals surface area contributed by atoms with Crippen molar-refractivity contribution in [3.63, 3.8) is 0 Å². The summed E-state index contributed by atoms with van der Waals surface area (Å²) in [5, 5.41) is 9.38. The Morgan fingerprint density at radius 3 is 2.23 bits per heavy atom. The molecule has 0 spiro atoms. The largest absolute Gasteiger partial charge is 0.396 e. The molecule has 13 heavy (non-hydrogen) atoms. The zero-order chi connectivity index (χ0) is 9.10. The van der Waals surface area contributed by atoms with Crippen LogP contribution in [0.4, 0.5) is 4.39 Å². The molecule has 4 aliphatic rings. The SMILES string of the molecule is OCC12C[C@H]3C[C@@H](CC(F)(C3)C1)C2. The second-order valence-corrected chi connectivity index (χ2v) is 5.77. The third-order valence-electron chi connectivity index (χ3n) is 4.45. The van der Waals surface area contributed by atoms with Crippen molar-refractivity contribution in [3.8, 4) is 0 Å². The molecule has 0 amide bonds. The van der Waals surface area contributed by atoms with Gasteiger partial charge in [0.15, 0.2) is 0 Å².